The molecule has 0 atom stereocenters. The molecule has 0 saturated carbocycles. The first-order valence-corrected chi connectivity index (χ1v) is 9.19. The highest BCUT2D eigenvalue weighted by atomic mass is 35.5. The van der Waals surface area contributed by atoms with Gasteiger partial charge >= 0.3 is 0 Å². The zero-order valence-corrected chi connectivity index (χ0v) is 15.7. The topological polar surface area (TPSA) is 60.1 Å². The van der Waals surface area contributed by atoms with Gasteiger partial charge in [0.2, 0.25) is 0 Å². The number of nitrogens with zero attached hydrogens (tertiary/aromatic N) is 2. The molecule has 0 aliphatic heterocycles. The number of hydrogen-bond acceptors (Lipinski definition) is 3. The molecular weight excluding hydrogens is 350 g/mol. The number of carbonyl (C=O) groups excluding carboxylic acids is 1. The Bertz CT molecular complexity index is 885. The summed E-state index contributed by atoms with van der Waals surface area (Å²) in [6, 6.07) is 11.1. The molecule has 0 spiro atoms. The average Bonchev–Trinajstić information content (AvgIpc) is 3.27. The molecule has 0 saturated heterocycles. The second-order valence-corrected chi connectivity index (χ2v) is 6.46. The van der Waals surface area contributed by atoms with Gasteiger partial charge in [-0.3, -0.25) is 4.79 Å². The standard InChI is InChI=1S/C20H22ClN3O2/c1-3-7-17-19(20(25)22-13-16-10-6-11-26-16)18(4-2)24(23-17)15-9-5-8-14(21)12-15/h5-6,8-12H,3-4,7,13H2,1-2H3,(H,22,25). The van der Waals surface area contributed by atoms with Crippen LogP contribution in [-0.2, 0) is 19.4 Å². The van der Waals surface area contributed by atoms with Crippen molar-refractivity contribution in [3.63, 3.8) is 0 Å². The molecule has 6 heteroatoms. The maximum absolute atomic E-state index is 12.9. The Balaban J connectivity index is 1.98. The highest BCUT2D eigenvalue weighted by Crippen LogP contribution is 2.23. The van der Waals surface area contributed by atoms with Gasteiger partial charge in [-0.1, -0.05) is 37.9 Å². The lowest BCUT2D eigenvalue weighted by molar-refractivity contribution is 0.0946. The van der Waals surface area contributed by atoms with Crippen LogP contribution in [0.15, 0.2) is 47.1 Å². The van der Waals surface area contributed by atoms with Gasteiger partial charge in [-0.25, -0.2) is 4.68 Å². The van der Waals surface area contributed by atoms with Crippen LogP contribution in [0.3, 0.4) is 0 Å². The molecule has 3 rings (SSSR count). The number of halogens is 1. The lowest BCUT2D eigenvalue weighted by Crippen LogP contribution is -2.24. The van der Waals surface area contributed by atoms with Crippen LogP contribution in [0.25, 0.3) is 5.69 Å². The summed E-state index contributed by atoms with van der Waals surface area (Å²) in [4.78, 5) is 12.9. The monoisotopic (exact) mass is 371 g/mol. The third kappa shape index (κ3) is 3.83. The first kappa shape index (κ1) is 18.3. The fourth-order valence-electron chi connectivity index (χ4n) is 2.99. The second kappa shape index (κ2) is 8.23. The molecule has 5 nitrogen and oxygen atoms in total. The predicted octanol–water partition coefficient (Wildman–Crippen LogP) is 4.56. The van der Waals surface area contributed by atoms with E-state index in [0.29, 0.717) is 23.6 Å². The van der Waals surface area contributed by atoms with E-state index in [-0.39, 0.29) is 5.91 Å². The van der Waals surface area contributed by atoms with Crippen LogP contribution in [0.2, 0.25) is 5.02 Å². The van der Waals surface area contributed by atoms with Crippen LogP contribution >= 0.6 is 11.6 Å². The Morgan fingerprint density at radius 3 is 2.77 bits per heavy atom. The number of furan rings is 1. The number of aryl methyl sites for hydroxylation is 1. The number of aromatic nitrogens is 2. The van der Waals surface area contributed by atoms with Crippen molar-refractivity contribution in [2.75, 3.05) is 0 Å². The van der Waals surface area contributed by atoms with Crippen molar-refractivity contribution in [1.82, 2.24) is 15.1 Å². The van der Waals surface area contributed by atoms with Crippen molar-refractivity contribution in [3.8, 4) is 5.69 Å². The number of rotatable bonds is 7. The molecule has 0 aliphatic rings. The van der Waals surface area contributed by atoms with Gasteiger partial charge in [0.1, 0.15) is 5.76 Å². The van der Waals surface area contributed by atoms with Crippen LogP contribution in [0, 0.1) is 0 Å². The Morgan fingerprint density at radius 2 is 2.12 bits per heavy atom. The van der Waals surface area contributed by atoms with Gasteiger partial charge in [-0.15, -0.1) is 0 Å². The normalized spacial score (nSPS) is 10.9. The van der Waals surface area contributed by atoms with E-state index >= 15 is 0 Å². The third-order valence-electron chi connectivity index (χ3n) is 4.16. The minimum atomic E-state index is -0.130. The molecule has 0 bridgehead atoms. The molecule has 0 aliphatic carbocycles. The fourth-order valence-corrected chi connectivity index (χ4v) is 3.18. The third-order valence-corrected chi connectivity index (χ3v) is 4.39. The lowest BCUT2D eigenvalue weighted by atomic mass is 10.1. The van der Waals surface area contributed by atoms with Crippen LogP contribution < -0.4 is 5.32 Å². The van der Waals surface area contributed by atoms with Crippen molar-refractivity contribution >= 4 is 17.5 Å². The maximum atomic E-state index is 12.9. The van der Waals surface area contributed by atoms with E-state index in [4.69, 9.17) is 21.1 Å². The van der Waals surface area contributed by atoms with Crippen molar-refractivity contribution in [2.24, 2.45) is 0 Å². The Kier molecular flexibility index (Phi) is 5.78. The number of benzene rings is 1. The molecule has 3 aromatic rings. The minimum Gasteiger partial charge on any atom is -0.467 e. The number of nitrogens with one attached hydrogen (secondary N) is 1. The van der Waals surface area contributed by atoms with Crippen molar-refractivity contribution in [3.05, 3.63) is 70.4 Å². The highest BCUT2D eigenvalue weighted by molar-refractivity contribution is 6.30. The van der Waals surface area contributed by atoms with E-state index in [2.05, 4.69) is 12.2 Å². The Hall–Kier alpha value is -2.53. The van der Waals surface area contributed by atoms with E-state index in [1.54, 1.807) is 12.3 Å². The zero-order valence-electron chi connectivity index (χ0n) is 15.0. The van der Waals surface area contributed by atoms with E-state index < -0.39 is 0 Å². The molecule has 0 unspecified atom stereocenters. The van der Waals surface area contributed by atoms with E-state index in [0.717, 1.165) is 35.7 Å². The predicted molar refractivity (Wildman–Crippen MR) is 102 cm³/mol. The van der Waals surface area contributed by atoms with Crippen LogP contribution in [0.4, 0.5) is 0 Å². The molecule has 1 N–H and O–H groups in total. The summed E-state index contributed by atoms with van der Waals surface area (Å²) in [7, 11) is 0. The summed E-state index contributed by atoms with van der Waals surface area (Å²) in [5, 5.41) is 8.30. The van der Waals surface area contributed by atoms with Crippen molar-refractivity contribution < 1.29 is 9.21 Å². The molecule has 0 fully saturated rings. The summed E-state index contributed by atoms with van der Waals surface area (Å²) < 4.78 is 7.12. The SMILES string of the molecule is CCCc1nn(-c2cccc(Cl)c2)c(CC)c1C(=O)NCc1ccco1. The number of amides is 1. The van der Waals surface area contributed by atoms with Crippen molar-refractivity contribution in [1.29, 1.82) is 0 Å². The summed E-state index contributed by atoms with van der Waals surface area (Å²) in [6.45, 7) is 4.45. The molecular formula is C20H22ClN3O2. The van der Waals surface area contributed by atoms with Crippen LogP contribution in [-0.4, -0.2) is 15.7 Å². The lowest BCUT2D eigenvalue weighted by Gasteiger charge is -2.08. The molecule has 1 aromatic carbocycles. The Morgan fingerprint density at radius 1 is 1.27 bits per heavy atom. The van der Waals surface area contributed by atoms with Gasteiger partial charge < -0.3 is 9.73 Å². The van der Waals surface area contributed by atoms with Crippen LogP contribution in [0.1, 0.15) is 47.8 Å². The minimum absolute atomic E-state index is 0.130. The molecule has 0 radical (unpaired) electrons. The van der Waals surface area contributed by atoms with Gasteiger partial charge in [0.25, 0.3) is 5.91 Å². The van der Waals surface area contributed by atoms with Gasteiger partial charge in [-0.2, -0.15) is 5.10 Å². The van der Waals surface area contributed by atoms with E-state index in [1.807, 2.05) is 41.9 Å². The second-order valence-electron chi connectivity index (χ2n) is 6.03. The largest absolute Gasteiger partial charge is 0.467 e. The molecule has 26 heavy (non-hydrogen) atoms. The summed E-state index contributed by atoms with van der Waals surface area (Å²) in [5.41, 5.74) is 3.20. The molecule has 136 valence electrons. The first-order chi connectivity index (χ1) is 12.6. The summed E-state index contributed by atoms with van der Waals surface area (Å²) in [5.74, 6) is 0.589. The van der Waals surface area contributed by atoms with Crippen molar-refractivity contribution in [2.45, 2.75) is 39.7 Å². The van der Waals surface area contributed by atoms with Gasteiger partial charge in [0.15, 0.2) is 0 Å². The summed E-state index contributed by atoms with van der Waals surface area (Å²) in [6.07, 6.45) is 3.93. The van der Waals surface area contributed by atoms with E-state index in [1.165, 1.54) is 0 Å². The van der Waals surface area contributed by atoms with Gasteiger partial charge in [0.05, 0.1) is 35.4 Å². The average molecular weight is 372 g/mol. The quantitative estimate of drug-likeness (QED) is 0.662. The first-order valence-electron chi connectivity index (χ1n) is 8.81. The van der Waals surface area contributed by atoms with Crippen LogP contribution in [0.5, 0.6) is 0 Å². The summed E-state index contributed by atoms with van der Waals surface area (Å²) >= 11 is 6.14. The molecule has 1 amide bonds. The van der Waals surface area contributed by atoms with Gasteiger partial charge in [-0.05, 0) is 43.2 Å². The smallest absolute Gasteiger partial charge is 0.255 e. The highest BCUT2D eigenvalue weighted by Gasteiger charge is 2.23. The molecule has 2 heterocycles. The Labute approximate surface area is 158 Å². The number of hydrogen-bond donors (Lipinski definition) is 1. The molecule has 2 aromatic heterocycles. The van der Waals surface area contributed by atoms with Gasteiger partial charge in [0, 0.05) is 5.02 Å². The fraction of sp³-hybridized carbons (Fsp3) is 0.300. The maximum Gasteiger partial charge on any atom is 0.255 e. The zero-order chi connectivity index (χ0) is 18.5. The van der Waals surface area contributed by atoms with E-state index in [9.17, 15) is 4.79 Å². The number of carbonyl (C=O) groups is 1.